The molecule has 4 nitrogen and oxygen atoms in total. The van der Waals surface area contributed by atoms with Crippen LogP contribution in [0.3, 0.4) is 0 Å². The molecule has 0 N–H and O–H groups in total. The topological polar surface area (TPSA) is 41.9 Å². The van der Waals surface area contributed by atoms with Crippen molar-refractivity contribution in [1.29, 1.82) is 0 Å². The molecule has 1 aromatic carbocycles. The molecule has 0 bridgehead atoms. The number of hydrogen-bond acceptors (Lipinski definition) is 5. The molecule has 0 amide bonds. The van der Waals surface area contributed by atoms with Gasteiger partial charge in [-0.3, -0.25) is 0 Å². The average Bonchev–Trinajstić information content (AvgIpc) is 2.50. The first-order chi connectivity index (χ1) is 10.5. The molecule has 0 aliphatic carbocycles. The fraction of sp³-hybridized carbons (Fsp3) is 0.375. The SMILES string of the molecule is CCOC(=O)C1=C(C)N(C)C(SC)=N[C@@H]1c1ccc(Br)cc1. The summed E-state index contributed by atoms with van der Waals surface area (Å²) in [4.78, 5) is 19.1. The molecule has 2 rings (SSSR count). The molecule has 0 unspecified atom stereocenters. The first kappa shape index (κ1) is 17.1. The van der Waals surface area contributed by atoms with Gasteiger partial charge in [0.15, 0.2) is 5.17 Å². The van der Waals surface area contributed by atoms with Crippen molar-refractivity contribution in [2.45, 2.75) is 19.9 Å². The maximum absolute atomic E-state index is 12.4. The van der Waals surface area contributed by atoms with Gasteiger partial charge in [0.05, 0.1) is 12.2 Å². The third-order valence-corrected chi connectivity index (χ3v) is 4.83. The lowest BCUT2D eigenvalue weighted by Gasteiger charge is -2.31. The monoisotopic (exact) mass is 382 g/mol. The highest BCUT2D eigenvalue weighted by molar-refractivity contribution is 9.10. The lowest BCUT2D eigenvalue weighted by Crippen LogP contribution is -2.32. The van der Waals surface area contributed by atoms with Crippen LogP contribution >= 0.6 is 27.7 Å². The molecule has 6 heteroatoms. The third-order valence-electron chi connectivity index (χ3n) is 3.56. The number of thioether (sulfide) groups is 1. The molecule has 0 saturated heterocycles. The summed E-state index contributed by atoms with van der Waals surface area (Å²) in [5.41, 5.74) is 2.46. The quantitative estimate of drug-likeness (QED) is 0.741. The molecule has 0 fully saturated rings. The van der Waals surface area contributed by atoms with Crippen molar-refractivity contribution in [3.63, 3.8) is 0 Å². The molecule has 1 atom stereocenters. The van der Waals surface area contributed by atoms with Crippen LogP contribution in [0.4, 0.5) is 0 Å². The van der Waals surface area contributed by atoms with Crippen molar-refractivity contribution in [1.82, 2.24) is 4.90 Å². The van der Waals surface area contributed by atoms with Gasteiger partial charge >= 0.3 is 5.97 Å². The van der Waals surface area contributed by atoms with Crippen LogP contribution in [0.15, 0.2) is 45.0 Å². The fourth-order valence-electron chi connectivity index (χ4n) is 2.33. The molecule has 0 spiro atoms. The highest BCUT2D eigenvalue weighted by Gasteiger charge is 2.32. The zero-order chi connectivity index (χ0) is 16.3. The van der Waals surface area contributed by atoms with Crippen molar-refractivity contribution in [2.24, 2.45) is 4.99 Å². The van der Waals surface area contributed by atoms with Crippen LogP contribution in [0, 0.1) is 0 Å². The molecule has 0 saturated carbocycles. The summed E-state index contributed by atoms with van der Waals surface area (Å²) < 4.78 is 6.23. The number of aliphatic imine (C=N–C) groups is 1. The summed E-state index contributed by atoms with van der Waals surface area (Å²) in [6, 6.07) is 7.55. The van der Waals surface area contributed by atoms with Crippen LogP contribution in [0.5, 0.6) is 0 Å². The Morgan fingerprint density at radius 3 is 2.59 bits per heavy atom. The minimum Gasteiger partial charge on any atom is -0.463 e. The van der Waals surface area contributed by atoms with E-state index in [0.29, 0.717) is 12.2 Å². The van der Waals surface area contributed by atoms with Gasteiger partial charge in [-0.25, -0.2) is 9.79 Å². The van der Waals surface area contributed by atoms with Gasteiger partial charge in [0.2, 0.25) is 0 Å². The van der Waals surface area contributed by atoms with Gasteiger partial charge in [-0.15, -0.1) is 0 Å². The Hall–Kier alpha value is -1.27. The lowest BCUT2D eigenvalue weighted by atomic mass is 9.96. The molecule has 1 heterocycles. The van der Waals surface area contributed by atoms with E-state index in [1.807, 2.05) is 56.3 Å². The Balaban J connectivity index is 2.51. The van der Waals surface area contributed by atoms with E-state index in [1.165, 1.54) is 0 Å². The number of benzene rings is 1. The second-order valence-corrected chi connectivity index (χ2v) is 6.54. The van der Waals surface area contributed by atoms with Gasteiger partial charge in [0.25, 0.3) is 0 Å². The van der Waals surface area contributed by atoms with Crippen molar-refractivity contribution >= 4 is 38.8 Å². The van der Waals surface area contributed by atoms with Crippen LogP contribution < -0.4 is 0 Å². The fourth-order valence-corrected chi connectivity index (χ4v) is 3.21. The summed E-state index contributed by atoms with van der Waals surface area (Å²) in [6.07, 6.45) is 1.98. The predicted molar refractivity (Wildman–Crippen MR) is 94.9 cm³/mol. The van der Waals surface area contributed by atoms with E-state index in [9.17, 15) is 4.79 Å². The van der Waals surface area contributed by atoms with Crippen molar-refractivity contribution in [3.8, 4) is 0 Å². The molecular formula is C16H19BrN2O2S. The summed E-state index contributed by atoms with van der Waals surface area (Å²) in [5, 5.41) is 0.887. The number of hydrogen-bond donors (Lipinski definition) is 0. The minimum absolute atomic E-state index is 0.302. The summed E-state index contributed by atoms with van der Waals surface area (Å²) >= 11 is 5.00. The Morgan fingerprint density at radius 2 is 2.05 bits per heavy atom. The van der Waals surface area contributed by atoms with E-state index in [2.05, 4.69) is 15.9 Å². The molecule has 0 radical (unpaired) electrons. The van der Waals surface area contributed by atoms with Crippen molar-refractivity contribution < 1.29 is 9.53 Å². The number of nitrogens with zero attached hydrogens (tertiary/aromatic N) is 2. The molecule has 22 heavy (non-hydrogen) atoms. The maximum atomic E-state index is 12.4. The normalized spacial score (nSPS) is 18.3. The number of amidine groups is 1. The number of carbonyl (C=O) groups is 1. The van der Waals surface area contributed by atoms with E-state index in [0.717, 1.165) is 20.9 Å². The molecule has 118 valence electrons. The first-order valence-corrected chi connectivity index (χ1v) is 9.00. The molecular weight excluding hydrogens is 364 g/mol. The average molecular weight is 383 g/mol. The van der Waals surface area contributed by atoms with Crippen LogP contribution in [0.2, 0.25) is 0 Å². The number of halogens is 1. The Bertz CT molecular complexity index is 626. The summed E-state index contributed by atoms with van der Waals surface area (Å²) in [6.45, 7) is 4.10. The van der Waals surface area contributed by atoms with Gasteiger partial charge in [-0.2, -0.15) is 0 Å². The molecule has 1 aliphatic heterocycles. The number of ether oxygens (including phenoxy) is 1. The third kappa shape index (κ3) is 3.38. The second kappa shape index (κ2) is 7.33. The number of esters is 1. The van der Waals surface area contributed by atoms with Gasteiger partial charge in [-0.05, 0) is 37.8 Å². The number of allylic oxidation sites excluding steroid dienone is 1. The number of rotatable bonds is 3. The lowest BCUT2D eigenvalue weighted by molar-refractivity contribution is -0.139. The van der Waals surface area contributed by atoms with E-state index >= 15 is 0 Å². The molecule has 1 aliphatic rings. The Labute approximate surface area is 143 Å². The Morgan fingerprint density at radius 1 is 1.41 bits per heavy atom. The second-order valence-electron chi connectivity index (χ2n) is 4.85. The van der Waals surface area contributed by atoms with Gasteiger partial charge in [-0.1, -0.05) is 39.8 Å². The molecule has 0 aromatic heterocycles. The van der Waals surface area contributed by atoms with E-state index in [-0.39, 0.29) is 12.0 Å². The highest BCUT2D eigenvalue weighted by Crippen LogP contribution is 2.36. The summed E-state index contributed by atoms with van der Waals surface area (Å²) in [5.74, 6) is -0.302. The van der Waals surface area contributed by atoms with Crippen LogP contribution in [0.25, 0.3) is 0 Å². The highest BCUT2D eigenvalue weighted by atomic mass is 79.9. The zero-order valence-electron chi connectivity index (χ0n) is 13.1. The maximum Gasteiger partial charge on any atom is 0.338 e. The van der Waals surface area contributed by atoms with Crippen molar-refractivity contribution in [2.75, 3.05) is 19.9 Å². The van der Waals surface area contributed by atoms with Crippen LogP contribution in [-0.4, -0.2) is 35.9 Å². The standard InChI is InChI=1S/C16H19BrN2O2S/c1-5-21-15(20)13-10(2)19(3)16(22-4)18-14(13)11-6-8-12(17)9-7-11/h6-9,14H,5H2,1-4H3/t14-/m1/s1. The van der Waals surface area contributed by atoms with Gasteiger partial charge in [0.1, 0.15) is 6.04 Å². The molecule has 1 aromatic rings. The van der Waals surface area contributed by atoms with Crippen LogP contribution in [0.1, 0.15) is 25.5 Å². The number of carbonyl (C=O) groups excluding carboxylic acids is 1. The Kier molecular flexibility index (Phi) is 5.69. The summed E-state index contributed by atoms with van der Waals surface area (Å²) in [7, 11) is 1.92. The van der Waals surface area contributed by atoms with E-state index < -0.39 is 0 Å². The zero-order valence-corrected chi connectivity index (χ0v) is 15.5. The van der Waals surface area contributed by atoms with Gasteiger partial charge in [0, 0.05) is 17.2 Å². The van der Waals surface area contributed by atoms with Crippen molar-refractivity contribution in [3.05, 3.63) is 45.6 Å². The van der Waals surface area contributed by atoms with E-state index in [4.69, 9.17) is 9.73 Å². The van der Waals surface area contributed by atoms with E-state index in [1.54, 1.807) is 11.8 Å². The van der Waals surface area contributed by atoms with Gasteiger partial charge < -0.3 is 9.64 Å². The first-order valence-electron chi connectivity index (χ1n) is 6.98. The largest absolute Gasteiger partial charge is 0.463 e. The minimum atomic E-state index is -0.328. The predicted octanol–water partition coefficient (Wildman–Crippen LogP) is 3.99. The van der Waals surface area contributed by atoms with Crippen LogP contribution in [-0.2, 0) is 9.53 Å². The smallest absolute Gasteiger partial charge is 0.338 e.